The quantitative estimate of drug-likeness (QED) is 0.796. The van der Waals surface area contributed by atoms with E-state index in [4.69, 9.17) is 10.8 Å². The van der Waals surface area contributed by atoms with Crippen LogP contribution in [-0.4, -0.2) is 29.8 Å². The molecule has 0 aromatic carbocycles. The van der Waals surface area contributed by atoms with Crippen molar-refractivity contribution in [3.8, 4) is 0 Å². The van der Waals surface area contributed by atoms with Crippen LogP contribution in [0.4, 0.5) is 5.82 Å². The molecule has 1 saturated heterocycles. The molecule has 1 fully saturated rings. The lowest BCUT2D eigenvalue weighted by atomic mass is 10.1. The summed E-state index contributed by atoms with van der Waals surface area (Å²) in [6.45, 7) is 4.11. The molecular formula is C12H19N3O. The van der Waals surface area contributed by atoms with Gasteiger partial charge < -0.3 is 15.7 Å². The molecule has 88 valence electrons. The van der Waals surface area contributed by atoms with E-state index < -0.39 is 0 Å². The summed E-state index contributed by atoms with van der Waals surface area (Å²) in [5.41, 5.74) is 6.83. The van der Waals surface area contributed by atoms with Crippen LogP contribution in [0.1, 0.15) is 24.9 Å². The van der Waals surface area contributed by atoms with Crippen molar-refractivity contribution in [2.75, 3.05) is 24.6 Å². The van der Waals surface area contributed by atoms with E-state index in [2.05, 4.69) is 9.88 Å². The Kier molecular flexibility index (Phi) is 3.41. The monoisotopic (exact) mass is 221 g/mol. The second-order valence-electron chi connectivity index (χ2n) is 4.52. The van der Waals surface area contributed by atoms with E-state index in [1.165, 1.54) is 0 Å². The van der Waals surface area contributed by atoms with Gasteiger partial charge in [0.2, 0.25) is 0 Å². The Balaban J connectivity index is 2.05. The Bertz CT molecular complexity index is 337. The molecule has 1 aromatic rings. The van der Waals surface area contributed by atoms with Gasteiger partial charge >= 0.3 is 0 Å². The van der Waals surface area contributed by atoms with Crippen molar-refractivity contribution in [1.82, 2.24) is 4.98 Å². The second-order valence-corrected chi connectivity index (χ2v) is 4.52. The number of hydrogen-bond donors (Lipinski definition) is 2. The number of rotatable bonds is 3. The molecule has 1 aromatic heterocycles. The number of nitrogens with zero attached hydrogens (tertiary/aromatic N) is 2. The van der Waals surface area contributed by atoms with Gasteiger partial charge in [-0.2, -0.15) is 0 Å². The molecule has 2 rings (SSSR count). The summed E-state index contributed by atoms with van der Waals surface area (Å²) in [4.78, 5) is 6.63. The minimum absolute atomic E-state index is 0.0327. The maximum Gasteiger partial charge on any atom is 0.128 e. The lowest BCUT2D eigenvalue weighted by molar-refractivity contribution is 0.238. The largest absolute Gasteiger partial charge is 0.396 e. The van der Waals surface area contributed by atoms with Crippen molar-refractivity contribution in [3.63, 3.8) is 0 Å². The van der Waals surface area contributed by atoms with Crippen molar-refractivity contribution < 1.29 is 5.11 Å². The van der Waals surface area contributed by atoms with Crippen LogP contribution in [0.3, 0.4) is 0 Å². The zero-order valence-corrected chi connectivity index (χ0v) is 9.63. The molecule has 2 heterocycles. The van der Waals surface area contributed by atoms with Gasteiger partial charge in [0, 0.05) is 37.9 Å². The van der Waals surface area contributed by atoms with E-state index >= 15 is 0 Å². The Hall–Kier alpha value is -1.13. The first-order valence-electron chi connectivity index (χ1n) is 5.78. The smallest absolute Gasteiger partial charge is 0.128 e. The van der Waals surface area contributed by atoms with Crippen LogP contribution in [0.5, 0.6) is 0 Å². The van der Waals surface area contributed by atoms with Crippen molar-refractivity contribution >= 4 is 5.82 Å². The van der Waals surface area contributed by atoms with Crippen molar-refractivity contribution in [3.05, 3.63) is 23.9 Å². The van der Waals surface area contributed by atoms with E-state index in [1.807, 2.05) is 25.3 Å². The number of hydrogen-bond acceptors (Lipinski definition) is 4. The van der Waals surface area contributed by atoms with Crippen LogP contribution in [-0.2, 0) is 0 Å². The SMILES string of the molecule is C[C@@H](N)c1ccc(N2CCC(CO)C2)nc1. The number of aromatic nitrogens is 1. The molecule has 4 nitrogen and oxygen atoms in total. The third kappa shape index (κ3) is 2.33. The van der Waals surface area contributed by atoms with E-state index in [0.29, 0.717) is 5.92 Å². The number of aliphatic hydroxyl groups is 1. The Labute approximate surface area is 96.1 Å². The molecule has 0 radical (unpaired) electrons. The fraction of sp³-hybridized carbons (Fsp3) is 0.583. The topological polar surface area (TPSA) is 62.4 Å². The van der Waals surface area contributed by atoms with Crippen LogP contribution in [0.2, 0.25) is 0 Å². The van der Waals surface area contributed by atoms with Gasteiger partial charge in [-0.25, -0.2) is 4.98 Å². The summed E-state index contributed by atoms with van der Waals surface area (Å²) in [6.07, 6.45) is 2.89. The highest BCUT2D eigenvalue weighted by Crippen LogP contribution is 2.22. The zero-order valence-electron chi connectivity index (χ0n) is 9.63. The van der Waals surface area contributed by atoms with Gasteiger partial charge in [0.1, 0.15) is 5.82 Å². The molecular weight excluding hydrogens is 202 g/mol. The Morgan fingerprint density at radius 2 is 2.44 bits per heavy atom. The average Bonchev–Trinajstić information content (AvgIpc) is 2.77. The first kappa shape index (κ1) is 11.4. The van der Waals surface area contributed by atoms with Crippen LogP contribution in [0.25, 0.3) is 0 Å². The summed E-state index contributed by atoms with van der Waals surface area (Å²) in [7, 11) is 0. The van der Waals surface area contributed by atoms with Gasteiger partial charge in [-0.3, -0.25) is 0 Å². The number of aliphatic hydroxyl groups excluding tert-OH is 1. The van der Waals surface area contributed by atoms with Crippen molar-refractivity contribution in [2.24, 2.45) is 11.7 Å². The van der Waals surface area contributed by atoms with Crippen LogP contribution in [0.15, 0.2) is 18.3 Å². The van der Waals surface area contributed by atoms with E-state index in [-0.39, 0.29) is 12.6 Å². The molecule has 1 unspecified atom stereocenters. The van der Waals surface area contributed by atoms with E-state index in [1.54, 1.807) is 0 Å². The average molecular weight is 221 g/mol. The van der Waals surface area contributed by atoms with Gasteiger partial charge in [0.05, 0.1) is 0 Å². The van der Waals surface area contributed by atoms with E-state index in [9.17, 15) is 0 Å². The van der Waals surface area contributed by atoms with E-state index in [0.717, 1.165) is 30.9 Å². The third-order valence-corrected chi connectivity index (χ3v) is 3.16. The third-order valence-electron chi connectivity index (χ3n) is 3.16. The molecule has 4 heteroatoms. The minimum atomic E-state index is 0.0327. The van der Waals surface area contributed by atoms with Gasteiger partial charge in [-0.15, -0.1) is 0 Å². The molecule has 0 spiro atoms. The lowest BCUT2D eigenvalue weighted by Gasteiger charge is -2.17. The molecule has 1 aliphatic heterocycles. The standard InChI is InChI=1S/C12H19N3O/c1-9(13)11-2-3-12(14-6-11)15-5-4-10(7-15)8-16/h2-3,6,9-10,16H,4-5,7-8,13H2,1H3/t9-,10?/m1/s1. The molecule has 0 saturated carbocycles. The Morgan fingerprint density at radius 3 is 2.94 bits per heavy atom. The van der Waals surface area contributed by atoms with Gasteiger partial charge in [0.15, 0.2) is 0 Å². The van der Waals surface area contributed by atoms with Gasteiger partial charge in [-0.1, -0.05) is 6.07 Å². The molecule has 0 aliphatic carbocycles. The number of anilines is 1. The van der Waals surface area contributed by atoms with Crippen LogP contribution >= 0.6 is 0 Å². The normalized spacial score (nSPS) is 22.4. The minimum Gasteiger partial charge on any atom is -0.396 e. The van der Waals surface area contributed by atoms with Crippen LogP contribution in [0, 0.1) is 5.92 Å². The predicted octanol–water partition coefficient (Wildman–Crippen LogP) is 0.920. The molecule has 2 atom stereocenters. The fourth-order valence-corrected chi connectivity index (χ4v) is 2.04. The molecule has 0 bridgehead atoms. The highest BCUT2D eigenvalue weighted by Gasteiger charge is 2.22. The second kappa shape index (κ2) is 4.80. The number of pyridine rings is 1. The first-order chi connectivity index (χ1) is 7.70. The fourth-order valence-electron chi connectivity index (χ4n) is 2.04. The van der Waals surface area contributed by atoms with Crippen LogP contribution < -0.4 is 10.6 Å². The van der Waals surface area contributed by atoms with Gasteiger partial charge in [-0.05, 0) is 25.0 Å². The maximum absolute atomic E-state index is 9.08. The zero-order chi connectivity index (χ0) is 11.5. The van der Waals surface area contributed by atoms with Crippen molar-refractivity contribution in [1.29, 1.82) is 0 Å². The Morgan fingerprint density at radius 1 is 1.62 bits per heavy atom. The molecule has 3 N–H and O–H groups in total. The molecule has 16 heavy (non-hydrogen) atoms. The van der Waals surface area contributed by atoms with Crippen molar-refractivity contribution in [2.45, 2.75) is 19.4 Å². The highest BCUT2D eigenvalue weighted by atomic mass is 16.3. The predicted molar refractivity (Wildman–Crippen MR) is 64.2 cm³/mol. The summed E-state index contributed by atoms with van der Waals surface area (Å²) < 4.78 is 0. The maximum atomic E-state index is 9.08. The molecule has 0 amide bonds. The lowest BCUT2D eigenvalue weighted by Crippen LogP contribution is -2.21. The highest BCUT2D eigenvalue weighted by molar-refractivity contribution is 5.40. The molecule has 1 aliphatic rings. The van der Waals surface area contributed by atoms with Gasteiger partial charge in [0.25, 0.3) is 0 Å². The number of nitrogens with two attached hydrogens (primary N) is 1. The summed E-state index contributed by atoms with van der Waals surface area (Å²) >= 11 is 0. The summed E-state index contributed by atoms with van der Waals surface area (Å²) in [5, 5.41) is 9.08. The first-order valence-corrected chi connectivity index (χ1v) is 5.78. The summed E-state index contributed by atoms with van der Waals surface area (Å²) in [6, 6.07) is 4.07. The summed E-state index contributed by atoms with van der Waals surface area (Å²) in [5.74, 6) is 1.38.